The van der Waals surface area contributed by atoms with Crippen molar-refractivity contribution in [3.63, 3.8) is 0 Å². The van der Waals surface area contributed by atoms with Gasteiger partial charge in [0.15, 0.2) is 0 Å². The van der Waals surface area contributed by atoms with Crippen molar-refractivity contribution in [1.29, 1.82) is 0 Å². The van der Waals surface area contributed by atoms with Gasteiger partial charge in [0.2, 0.25) is 0 Å². The predicted octanol–water partition coefficient (Wildman–Crippen LogP) is 3.30. The quantitative estimate of drug-likeness (QED) is 0.472. The number of piperidine rings is 1. The van der Waals surface area contributed by atoms with Crippen LogP contribution in [0.5, 0.6) is 0 Å². The number of nitro groups is 1. The maximum Gasteiger partial charge on any atom is 0.433 e. The van der Waals surface area contributed by atoms with Gasteiger partial charge in [-0.05, 0) is 55.6 Å². The van der Waals surface area contributed by atoms with Crippen LogP contribution in [0.25, 0.3) is 0 Å². The van der Waals surface area contributed by atoms with E-state index in [4.69, 9.17) is 14.3 Å². The number of carbonyl (C=O) groups is 2. The first-order valence-corrected chi connectivity index (χ1v) is 10.5. The van der Waals surface area contributed by atoms with Gasteiger partial charge in [0.05, 0.1) is 31.4 Å². The zero-order valence-corrected chi connectivity index (χ0v) is 17.6. The number of nitrogens with one attached hydrogen (secondary N) is 1. The van der Waals surface area contributed by atoms with E-state index in [9.17, 15) is 24.1 Å². The molecule has 0 saturated carbocycles. The van der Waals surface area contributed by atoms with Gasteiger partial charge in [0, 0.05) is 0 Å². The molecule has 1 atom stereocenters. The third-order valence-electron chi connectivity index (χ3n) is 5.89. The van der Waals surface area contributed by atoms with E-state index in [2.05, 4.69) is 10.2 Å². The minimum atomic E-state index is -1.21. The van der Waals surface area contributed by atoms with Crippen molar-refractivity contribution in [2.45, 2.75) is 31.4 Å². The Morgan fingerprint density at radius 3 is 2.67 bits per heavy atom. The van der Waals surface area contributed by atoms with Gasteiger partial charge >= 0.3 is 18.1 Å². The minimum absolute atomic E-state index is 0.0132. The van der Waals surface area contributed by atoms with Crippen LogP contribution < -0.4 is 10.2 Å². The van der Waals surface area contributed by atoms with Gasteiger partial charge < -0.3 is 19.6 Å². The average molecular weight is 462 g/mol. The summed E-state index contributed by atoms with van der Waals surface area (Å²) >= 11 is 0. The number of nitrogens with zero attached hydrogens (tertiary/aromatic N) is 3. The summed E-state index contributed by atoms with van der Waals surface area (Å²) in [6, 6.07) is 7.57. The Labute approximate surface area is 187 Å². The molecule has 176 valence electrons. The number of ether oxygens (including phenoxy) is 1. The summed E-state index contributed by atoms with van der Waals surface area (Å²) in [5, 5.41) is 21.6. The van der Waals surface area contributed by atoms with Crippen molar-refractivity contribution in [2.75, 3.05) is 31.1 Å². The molecule has 0 radical (unpaired) electrons. The van der Waals surface area contributed by atoms with Gasteiger partial charge in [-0.15, -0.1) is 0 Å². The molecule has 0 aliphatic carbocycles. The first-order valence-electron chi connectivity index (χ1n) is 10.5. The number of likely N-dealkylation sites (tertiary alicyclic amines) is 1. The molecule has 1 aromatic heterocycles. The molecule has 11 nitrogen and oxygen atoms in total. The van der Waals surface area contributed by atoms with Crippen LogP contribution in [0.4, 0.5) is 25.6 Å². The number of hydrogen-bond acceptors (Lipinski definition) is 7. The fraction of sp³-hybridized carbons (Fsp3) is 0.429. The summed E-state index contributed by atoms with van der Waals surface area (Å²) in [6.07, 6.45) is -1.07. The van der Waals surface area contributed by atoms with E-state index in [0.29, 0.717) is 49.5 Å². The monoisotopic (exact) mass is 462 g/mol. The average Bonchev–Trinajstić information content (AvgIpc) is 3.39. The molecule has 33 heavy (non-hydrogen) atoms. The lowest BCUT2D eigenvalue weighted by atomic mass is 9.89. The van der Waals surface area contributed by atoms with Crippen LogP contribution in [-0.4, -0.2) is 59.4 Å². The zero-order valence-electron chi connectivity index (χ0n) is 17.6. The van der Waals surface area contributed by atoms with E-state index < -0.39 is 29.0 Å². The smallest absolute Gasteiger partial charge is 0.433 e. The number of cyclic esters (lactones) is 1. The summed E-state index contributed by atoms with van der Waals surface area (Å²) in [7, 11) is 0. The number of anilines is 1. The summed E-state index contributed by atoms with van der Waals surface area (Å²) in [6.45, 7) is 1.92. The van der Waals surface area contributed by atoms with Crippen LogP contribution in [0.1, 0.15) is 30.1 Å². The van der Waals surface area contributed by atoms with Crippen LogP contribution >= 0.6 is 0 Å². The van der Waals surface area contributed by atoms with E-state index in [1.807, 2.05) is 0 Å². The van der Waals surface area contributed by atoms with Crippen LogP contribution in [0.3, 0.4) is 0 Å². The topological polar surface area (TPSA) is 138 Å². The van der Waals surface area contributed by atoms with Crippen molar-refractivity contribution in [3.05, 3.63) is 57.6 Å². The zero-order chi connectivity index (χ0) is 23.5. The van der Waals surface area contributed by atoms with Crippen molar-refractivity contribution in [3.8, 4) is 0 Å². The van der Waals surface area contributed by atoms with E-state index in [-0.39, 0.29) is 24.9 Å². The molecule has 4 rings (SSSR count). The van der Waals surface area contributed by atoms with E-state index >= 15 is 0 Å². The number of amides is 2. The van der Waals surface area contributed by atoms with Crippen LogP contribution in [-0.2, 0) is 11.3 Å². The first-order chi connectivity index (χ1) is 15.8. The lowest BCUT2D eigenvalue weighted by molar-refractivity contribution is -0.402. The Morgan fingerprint density at radius 2 is 2.03 bits per heavy atom. The van der Waals surface area contributed by atoms with Crippen molar-refractivity contribution >= 4 is 23.8 Å². The lowest BCUT2D eigenvalue weighted by Crippen LogP contribution is -2.33. The highest BCUT2D eigenvalue weighted by Crippen LogP contribution is 2.33. The third-order valence-corrected chi connectivity index (χ3v) is 5.89. The fourth-order valence-electron chi connectivity index (χ4n) is 4.23. The lowest BCUT2D eigenvalue weighted by Gasteiger charge is -2.31. The van der Waals surface area contributed by atoms with E-state index in [1.165, 1.54) is 17.0 Å². The Bertz CT molecular complexity index is 1050. The molecule has 2 amide bonds. The Morgan fingerprint density at radius 1 is 1.27 bits per heavy atom. The molecular weight excluding hydrogens is 439 g/mol. The molecule has 3 heterocycles. The van der Waals surface area contributed by atoms with Crippen LogP contribution in [0.15, 0.2) is 34.7 Å². The Kier molecular flexibility index (Phi) is 6.45. The number of hydrogen-bond donors (Lipinski definition) is 2. The highest BCUT2D eigenvalue weighted by molar-refractivity contribution is 5.89. The molecule has 2 saturated heterocycles. The molecule has 0 spiro atoms. The van der Waals surface area contributed by atoms with Gasteiger partial charge in [0.25, 0.3) is 0 Å². The molecule has 2 aromatic rings. The molecule has 1 unspecified atom stereocenters. The summed E-state index contributed by atoms with van der Waals surface area (Å²) in [5.74, 6) is -0.162. The van der Waals surface area contributed by atoms with Crippen molar-refractivity contribution in [1.82, 2.24) is 10.2 Å². The second-order valence-electron chi connectivity index (χ2n) is 8.06. The molecule has 1 aromatic carbocycles. The molecular formula is C21H23FN4O7. The molecule has 0 bridgehead atoms. The number of carbonyl (C=O) groups excluding carboxylic acids is 1. The van der Waals surface area contributed by atoms with Crippen molar-refractivity contribution < 1.29 is 33.2 Å². The molecule has 2 fully saturated rings. The molecule has 12 heteroatoms. The summed E-state index contributed by atoms with van der Waals surface area (Å²) in [4.78, 5) is 36.3. The highest BCUT2D eigenvalue weighted by Gasteiger charge is 2.33. The standard InChI is InChI=1S/C21H23FN4O7/c22-18-9-14(25-12-16(33-21(25)29)10-23-20(27)28)1-3-17(18)13-5-7-24(8-6-13)11-15-2-4-19(32-15)26(30)31/h1-4,9,13,16,23H,5-8,10-12H2,(H,27,28). The predicted molar refractivity (Wildman–Crippen MR) is 113 cm³/mol. The Balaban J connectivity index is 1.33. The van der Waals surface area contributed by atoms with E-state index in [0.717, 1.165) is 0 Å². The SMILES string of the molecule is O=C(O)NCC1CN(c2ccc(C3CCN(Cc4ccc([N+](=O)[O-])o4)CC3)c(F)c2)C(=O)O1. The maximum absolute atomic E-state index is 14.9. The summed E-state index contributed by atoms with van der Waals surface area (Å²) in [5.41, 5.74) is 0.930. The number of benzene rings is 1. The number of rotatable bonds is 7. The maximum atomic E-state index is 14.9. The number of halogens is 1. The van der Waals surface area contributed by atoms with Crippen LogP contribution in [0, 0.1) is 15.9 Å². The van der Waals surface area contributed by atoms with Gasteiger partial charge in [-0.25, -0.2) is 14.0 Å². The summed E-state index contributed by atoms with van der Waals surface area (Å²) < 4.78 is 25.3. The first kappa shape index (κ1) is 22.5. The van der Waals surface area contributed by atoms with Gasteiger partial charge in [0.1, 0.15) is 22.6 Å². The molecule has 2 N–H and O–H groups in total. The molecule has 2 aliphatic rings. The fourth-order valence-corrected chi connectivity index (χ4v) is 4.23. The van der Waals surface area contributed by atoms with Gasteiger partial charge in [-0.1, -0.05) is 6.07 Å². The number of furan rings is 1. The van der Waals surface area contributed by atoms with Crippen LogP contribution in [0.2, 0.25) is 0 Å². The van der Waals surface area contributed by atoms with Gasteiger partial charge in [-0.2, -0.15) is 0 Å². The second-order valence-corrected chi connectivity index (χ2v) is 8.06. The van der Waals surface area contributed by atoms with Crippen molar-refractivity contribution in [2.24, 2.45) is 0 Å². The molecule has 2 aliphatic heterocycles. The van der Waals surface area contributed by atoms with E-state index in [1.54, 1.807) is 18.2 Å². The largest absolute Gasteiger partial charge is 0.465 e. The number of carboxylic acid groups (broad SMARTS) is 1. The second kappa shape index (κ2) is 9.45. The normalized spacial score (nSPS) is 19.5. The minimum Gasteiger partial charge on any atom is -0.465 e. The Hall–Kier alpha value is -3.67. The third kappa shape index (κ3) is 5.22. The highest BCUT2D eigenvalue weighted by atomic mass is 19.1. The van der Waals surface area contributed by atoms with Gasteiger partial charge in [-0.3, -0.25) is 19.9 Å².